The third kappa shape index (κ3) is 5.26. The first kappa shape index (κ1) is 29.8. The van der Waals surface area contributed by atoms with Gasteiger partial charge in [0.05, 0.1) is 0 Å². The van der Waals surface area contributed by atoms with Gasteiger partial charge in [0.1, 0.15) is 0 Å². The van der Waals surface area contributed by atoms with Crippen LogP contribution in [0.5, 0.6) is 0 Å². The van der Waals surface area contributed by atoms with Crippen molar-refractivity contribution in [1.29, 1.82) is 0 Å². The summed E-state index contributed by atoms with van der Waals surface area (Å²) in [6.45, 7) is 0. The van der Waals surface area contributed by atoms with Crippen molar-refractivity contribution >= 4 is 32.3 Å². The Bertz CT molecular complexity index is 2730. The third-order valence-corrected chi connectivity index (χ3v) is 10.0. The van der Waals surface area contributed by atoms with E-state index in [1.54, 1.807) is 6.20 Å². The topological polar surface area (TPSA) is 51.6 Å². The molecule has 0 aliphatic heterocycles. The number of hydrogen-bond donors (Lipinski definition) is 0. The fourth-order valence-electron chi connectivity index (χ4n) is 7.34. The van der Waals surface area contributed by atoms with Crippen LogP contribution in [0.25, 0.3) is 99.9 Å². The minimum absolute atomic E-state index is 0.626. The molecule has 10 rings (SSSR count). The average Bonchev–Trinajstić information content (AvgIpc) is 3.23. The monoisotopic (exact) mass is 662 g/mol. The van der Waals surface area contributed by atoms with Gasteiger partial charge in [-0.15, -0.1) is 0 Å². The molecule has 4 nitrogen and oxygen atoms in total. The zero-order chi connectivity index (χ0) is 34.4. The van der Waals surface area contributed by atoms with Crippen molar-refractivity contribution in [2.45, 2.75) is 0 Å². The minimum Gasteiger partial charge on any atom is -0.264 e. The molecule has 4 heteroatoms. The SMILES string of the molecule is c1ccc(-c2ccc(-c3nc(-c4ccc(-c5cccnc5)cc4)nc(-c4ccc(-c5ccc6ccc7cccc8ccc5c6c78)cc4)n3)cc2)cc1. The summed E-state index contributed by atoms with van der Waals surface area (Å²) in [5.74, 6) is 1.89. The Morgan fingerprint density at radius 3 is 1.33 bits per heavy atom. The summed E-state index contributed by atoms with van der Waals surface area (Å²) in [5.41, 5.74) is 9.61. The molecule has 10 aromatic rings. The summed E-state index contributed by atoms with van der Waals surface area (Å²) in [4.78, 5) is 19.4. The summed E-state index contributed by atoms with van der Waals surface area (Å²) in [6, 6.07) is 59.8. The second-order valence-electron chi connectivity index (χ2n) is 13.1. The van der Waals surface area contributed by atoms with Crippen molar-refractivity contribution in [3.05, 3.63) is 182 Å². The van der Waals surface area contributed by atoms with Crippen molar-refractivity contribution in [2.24, 2.45) is 0 Å². The molecule has 0 radical (unpaired) electrons. The number of aromatic nitrogens is 4. The minimum atomic E-state index is 0.626. The van der Waals surface area contributed by atoms with E-state index in [0.717, 1.165) is 38.9 Å². The van der Waals surface area contributed by atoms with Gasteiger partial charge >= 0.3 is 0 Å². The Morgan fingerprint density at radius 1 is 0.288 bits per heavy atom. The van der Waals surface area contributed by atoms with Crippen LogP contribution in [0.3, 0.4) is 0 Å². The summed E-state index contributed by atoms with van der Waals surface area (Å²) in [5, 5.41) is 7.70. The maximum absolute atomic E-state index is 5.04. The second kappa shape index (κ2) is 12.4. The summed E-state index contributed by atoms with van der Waals surface area (Å²) >= 11 is 0. The van der Waals surface area contributed by atoms with Gasteiger partial charge in [0.15, 0.2) is 17.5 Å². The van der Waals surface area contributed by atoms with E-state index in [0.29, 0.717) is 17.5 Å². The number of pyridine rings is 1. The van der Waals surface area contributed by atoms with Crippen LogP contribution >= 0.6 is 0 Å². The van der Waals surface area contributed by atoms with Gasteiger partial charge in [0.25, 0.3) is 0 Å². The van der Waals surface area contributed by atoms with Crippen LogP contribution in [0.4, 0.5) is 0 Å². The van der Waals surface area contributed by atoms with E-state index in [1.165, 1.54) is 43.4 Å². The van der Waals surface area contributed by atoms with Gasteiger partial charge in [-0.25, -0.2) is 15.0 Å². The summed E-state index contributed by atoms with van der Waals surface area (Å²) in [7, 11) is 0. The van der Waals surface area contributed by atoms with Gasteiger partial charge in [0, 0.05) is 29.1 Å². The van der Waals surface area contributed by atoms with Gasteiger partial charge in [0.2, 0.25) is 0 Å². The third-order valence-electron chi connectivity index (χ3n) is 10.0. The highest BCUT2D eigenvalue weighted by Crippen LogP contribution is 2.39. The maximum Gasteiger partial charge on any atom is 0.164 e. The van der Waals surface area contributed by atoms with Crippen LogP contribution in [0.15, 0.2) is 182 Å². The van der Waals surface area contributed by atoms with E-state index < -0.39 is 0 Å². The Balaban J connectivity index is 1.06. The molecule has 0 N–H and O–H groups in total. The first-order valence-corrected chi connectivity index (χ1v) is 17.5. The molecule has 0 saturated carbocycles. The molecule has 0 unspecified atom stereocenters. The molecule has 52 heavy (non-hydrogen) atoms. The largest absolute Gasteiger partial charge is 0.264 e. The highest BCUT2D eigenvalue weighted by atomic mass is 15.0. The first-order valence-electron chi connectivity index (χ1n) is 17.5. The van der Waals surface area contributed by atoms with Crippen LogP contribution in [0.1, 0.15) is 0 Å². The molecule has 2 aromatic heterocycles. The van der Waals surface area contributed by atoms with Gasteiger partial charge in [-0.1, -0.05) is 164 Å². The van der Waals surface area contributed by atoms with Gasteiger partial charge in [-0.2, -0.15) is 0 Å². The molecule has 8 aromatic carbocycles. The maximum atomic E-state index is 5.04. The Morgan fingerprint density at radius 2 is 0.750 bits per heavy atom. The van der Waals surface area contributed by atoms with E-state index in [9.17, 15) is 0 Å². The fourth-order valence-corrected chi connectivity index (χ4v) is 7.34. The Hall–Kier alpha value is -7.04. The van der Waals surface area contributed by atoms with Crippen molar-refractivity contribution in [2.75, 3.05) is 0 Å². The van der Waals surface area contributed by atoms with Crippen molar-refractivity contribution in [1.82, 2.24) is 19.9 Å². The Kier molecular flexibility index (Phi) is 7.10. The quantitative estimate of drug-likeness (QED) is 0.166. The van der Waals surface area contributed by atoms with E-state index >= 15 is 0 Å². The predicted molar refractivity (Wildman–Crippen MR) is 214 cm³/mol. The summed E-state index contributed by atoms with van der Waals surface area (Å²) in [6.07, 6.45) is 3.66. The standard InChI is InChI=1S/C48H30N4/c1-2-6-31(7-3-1)32-11-19-38(20-12-32)46-50-47(39-21-13-33(14-22-39)41-10-5-29-49-30-41)52-48(51-46)40-23-15-34(16-24-40)42-27-25-37-18-17-35-8-4-9-36-26-28-43(42)45(37)44(35)36/h1-30H. The van der Waals surface area contributed by atoms with E-state index in [4.69, 9.17) is 15.0 Å². The van der Waals surface area contributed by atoms with Crippen LogP contribution in [0, 0.1) is 0 Å². The molecule has 0 fully saturated rings. The smallest absolute Gasteiger partial charge is 0.164 e. The Labute approximate surface area is 301 Å². The van der Waals surface area contributed by atoms with E-state index in [2.05, 4.69) is 163 Å². The number of hydrogen-bond acceptors (Lipinski definition) is 4. The molecule has 0 bridgehead atoms. The lowest BCUT2D eigenvalue weighted by Gasteiger charge is -2.14. The number of benzene rings is 8. The first-order chi connectivity index (χ1) is 25.7. The van der Waals surface area contributed by atoms with Gasteiger partial charge in [-0.3, -0.25) is 4.98 Å². The fraction of sp³-hybridized carbons (Fsp3) is 0. The van der Waals surface area contributed by atoms with Crippen LogP contribution in [-0.4, -0.2) is 19.9 Å². The lowest BCUT2D eigenvalue weighted by Crippen LogP contribution is -2.00. The highest BCUT2D eigenvalue weighted by Gasteiger charge is 2.15. The van der Waals surface area contributed by atoms with Crippen LogP contribution < -0.4 is 0 Å². The van der Waals surface area contributed by atoms with Crippen molar-refractivity contribution in [3.63, 3.8) is 0 Å². The van der Waals surface area contributed by atoms with Crippen LogP contribution in [0.2, 0.25) is 0 Å². The van der Waals surface area contributed by atoms with Crippen LogP contribution in [-0.2, 0) is 0 Å². The molecule has 0 aliphatic carbocycles. The van der Waals surface area contributed by atoms with Gasteiger partial charge < -0.3 is 0 Å². The van der Waals surface area contributed by atoms with Crippen molar-refractivity contribution < 1.29 is 0 Å². The average molecular weight is 663 g/mol. The van der Waals surface area contributed by atoms with E-state index in [1.807, 2.05) is 18.3 Å². The normalized spacial score (nSPS) is 11.5. The zero-order valence-corrected chi connectivity index (χ0v) is 28.1. The lowest BCUT2D eigenvalue weighted by atomic mass is 9.90. The van der Waals surface area contributed by atoms with Gasteiger partial charge in [-0.05, 0) is 71.8 Å². The highest BCUT2D eigenvalue weighted by molar-refractivity contribution is 6.25. The molecular formula is C48H30N4. The van der Waals surface area contributed by atoms with E-state index in [-0.39, 0.29) is 0 Å². The number of rotatable bonds is 6. The molecule has 242 valence electrons. The zero-order valence-electron chi connectivity index (χ0n) is 28.1. The predicted octanol–water partition coefficient (Wildman–Crippen LogP) is 12.2. The molecule has 0 amide bonds. The second-order valence-corrected chi connectivity index (χ2v) is 13.1. The lowest BCUT2D eigenvalue weighted by molar-refractivity contribution is 1.07. The molecule has 0 spiro atoms. The molecule has 2 heterocycles. The molecule has 0 atom stereocenters. The molecule has 0 aliphatic rings. The molecular weight excluding hydrogens is 633 g/mol. The molecule has 0 saturated heterocycles. The summed E-state index contributed by atoms with van der Waals surface area (Å²) < 4.78 is 0. The number of nitrogens with zero attached hydrogens (tertiary/aromatic N) is 4. The van der Waals surface area contributed by atoms with Crippen molar-refractivity contribution in [3.8, 4) is 67.5 Å².